The third kappa shape index (κ3) is 4.09. The second kappa shape index (κ2) is 7.69. The first-order valence-electron chi connectivity index (χ1n) is 6.89. The topological polar surface area (TPSA) is 87.4 Å². The van der Waals surface area contributed by atoms with Crippen molar-refractivity contribution in [3.63, 3.8) is 0 Å². The Kier molecular flexibility index (Phi) is 6.24. The molecule has 6 nitrogen and oxygen atoms in total. The predicted molar refractivity (Wildman–Crippen MR) is 81.2 cm³/mol. The SMILES string of the molecule is CCNc1cccc(NC(CCO)C(C)C)c1[N+](=O)[O-]. The van der Waals surface area contributed by atoms with Crippen LogP contribution in [-0.2, 0) is 0 Å². The number of benzene rings is 1. The van der Waals surface area contributed by atoms with Gasteiger partial charge in [0.25, 0.3) is 0 Å². The third-order valence-electron chi connectivity index (χ3n) is 3.17. The maximum atomic E-state index is 11.3. The maximum absolute atomic E-state index is 11.3. The molecule has 0 radical (unpaired) electrons. The zero-order chi connectivity index (χ0) is 15.1. The van der Waals surface area contributed by atoms with Crippen molar-refractivity contribution in [3.05, 3.63) is 28.3 Å². The molecule has 0 bridgehead atoms. The number of rotatable bonds is 8. The van der Waals surface area contributed by atoms with Gasteiger partial charge in [-0.3, -0.25) is 10.1 Å². The van der Waals surface area contributed by atoms with Gasteiger partial charge >= 0.3 is 5.69 Å². The van der Waals surface area contributed by atoms with E-state index in [4.69, 9.17) is 5.11 Å². The van der Waals surface area contributed by atoms with Crippen LogP contribution in [0.15, 0.2) is 18.2 Å². The molecule has 6 heteroatoms. The summed E-state index contributed by atoms with van der Waals surface area (Å²) < 4.78 is 0. The Bertz CT molecular complexity index is 449. The van der Waals surface area contributed by atoms with Gasteiger partial charge in [-0.1, -0.05) is 19.9 Å². The monoisotopic (exact) mass is 281 g/mol. The van der Waals surface area contributed by atoms with E-state index < -0.39 is 0 Å². The average Bonchev–Trinajstić information content (AvgIpc) is 2.38. The van der Waals surface area contributed by atoms with Gasteiger partial charge in [-0.05, 0) is 31.4 Å². The number of nitrogens with one attached hydrogen (secondary N) is 2. The number of para-hydroxylation sites is 1. The van der Waals surface area contributed by atoms with E-state index in [9.17, 15) is 10.1 Å². The van der Waals surface area contributed by atoms with Crippen LogP contribution < -0.4 is 10.6 Å². The second-order valence-corrected chi connectivity index (χ2v) is 5.00. The summed E-state index contributed by atoms with van der Waals surface area (Å²) in [5, 5.41) is 26.6. The lowest BCUT2D eigenvalue weighted by Crippen LogP contribution is -2.27. The zero-order valence-electron chi connectivity index (χ0n) is 12.2. The molecule has 0 aliphatic rings. The summed E-state index contributed by atoms with van der Waals surface area (Å²) in [7, 11) is 0. The lowest BCUT2D eigenvalue weighted by atomic mass is 10.0. The molecule has 1 unspecified atom stereocenters. The molecule has 0 spiro atoms. The summed E-state index contributed by atoms with van der Waals surface area (Å²) in [5.74, 6) is 0.268. The molecule has 1 aromatic carbocycles. The number of hydrogen-bond donors (Lipinski definition) is 3. The summed E-state index contributed by atoms with van der Waals surface area (Å²) in [6.07, 6.45) is 0.556. The van der Waals surface area contributed by atoms with Crippen molar-refractivity contribution in [2.24, 2.45) is 5.92 Å². The first kappa shape index (κ1) is 16.2. The molecule has 0 saturated heterocycles. The number of hydrogen-bond acceptors (Lipinski definition) is 5. The third-order valence-corrected chi connectivity index (χ3v) is 3.17. The van der Waals surface area contributed by atoms with Gasteiger partial charge in [0.15, 0.2) is 0 Å². The minimum absolute atomic E-state index is 0.00410. The van der Waals surface area contributed by atoms with E-state index in [0.717, 1.165) is 0 Å². The quantitative estimate of drug-likeness (QED) is 0.504. The lowest BCUT2D eigenvalue weighted by Gasteiger charge is -2.23. The summed E-state index contributed by atoms with van der Waals surface area (Å²) >= 11 is 0. The summed E-state index contributed by atoms with van der Waals surface area (Å²) in [5.41, 5.74) is 1.05. The van der Waals surface area contributed by atoms with E-state index in [1.807, 2.05) is 20.8 Å². The standard InChI is InChI=1S/C14H23N3O3/c1-4-15-12-6-5-7-13(14(12)17(19)20)16-11(8-9-18)10(2)3/h5-7,10-11,15-16,18H,4,8-9H2,1-3H3. The molecule has 20 heavy (non-hydrogen) atoms. The highest BCUT2D eigenvalue weighted by atomic mass is 16.6. The molecule has 112 valence electrons. The van der Waals surface area contributed by atoms with Gasteiger partial charge in [0.2, 0.25) is 0 Å². The van der Waals surface area contributed by atoms with Crippen LogP contribution in [-0.4, -0.2) is 29.2 Å². The van der Waals surface area contributed by atoms with Gasteiger partial charge in [-0.2, -0.15) is 0 Å². The van der Waals surface area contributed by atoms with E-state index in [2.05, 4.69) is 10.6 Å². The van der Waals surface area contributed by atoms with E-state index >= 15 is 0 Å². The largest absolute Gasteiger partial charge is 0.396 e. The minimum atomic E-state index is -0.378. The molecule has 0 saturated carbocycles. The maximum Gasteiger partial charge on any atom is 0.315 e. The second-order valence-electron chi connectivity index (χ2n) is 5.00. The fourth-order valence-corrected chi connectivity index (χ4v) is 2.10. The van der Waals surface area contributed by atoms with Crippen LogP contribution in [0.5, 0.6) is 0 Å². The summed E-state index contributed by atoms with van der Waals surface area (Å²) in [4.78, 5) is 10.9. The zero-order valence-corrected chi connectivity index (χ0v) is 12.2. The number of aliphatic hydroxyl groups is 1. The van der Waals surface area contributed by atoms with Crippen molar-refractivity contribution < 1.29 is 10.0 Å². The van der Waals surface area contributed by atoms with Crippen molar-refractivity contribution in [2.45, 2.75) is 33.2 Å². The van der Waals surface area contributed by atoms with Gasteiger partial charge in [0, 0.05) is 19.2 Å². The van der Waals surface area contributed by atoms with Crippen LogP contribution >= 0.6 is 0 Å². The molecule has 0 aliphatic heterocycles. The number of nitro benzene ring substituents is 1. The number of anilines is 2. The Hall–Kier alpha value is -1.82. The van der Waals surface area contributed by atoms with Crippen LogP contribution in [0.1, 0.15) is 27.2 Å². The Morgan fingerprint density at radius 2 is 2.00 bits per heavy atom. The number of nitrogens with zero attached hydrogens (tertiary/aromatic N) is 1. The Morgan fingerprint density at radius 1 is 1.35 bits per heavy atom. The summed E-state index contributed by atoms with van der Waals surface area (Å²) in [6, 6.07) is 5.18. The molecule has 1 rings (SSSR count). The first-order valence-corrected chi connectivity index (χ1v) is 6.89. The van der Waals surface area contributed by atoms with Crippen molar-refractivity contribution >= 4 is 17.1 Å². The number of aliphatic hydroxyl groups excluding tert-OH is 1. The highest BCUT2D eigenvalue weighted by Gasteiger charge is 2.22. The van der Waals surface area contributed by atoms with Gasteiger partial charge in [0.1, 0.15) is 11.4 Å². The molecule has 0 fully saturated rings. The van der Waals surface area contributed by atoms with E-state index in [-0.39, 0.29) is 29.2 Å². The Labute approximate surface area is 119 Å². The normalized spacial score (nSPS) is 12.2. The number of nitro groups is 1. The van der Waals surface area contributed by atoms with Crippen molar-refractivity contribution in [1.29, 1.82) is 0 Å². The van der Waals surface area contributed by atoms with Gasteiger partial charge in [-0.15, -0.1) is 0 Å². The average molecular weight is 281 g/mol. The molecular weight excluding hydrogens is 258 g/mol. The van der Waals surface area contributed by atoms with Gasteiger partial charge in [-0.25, -0.2) is 0 Å². The van der Waals surface area contributed by atoms with Crippen LogP contribution in [0, 0.1) is 16.0 Å². The molecule has 0 aliphatic carbocycles. The van der Waals surface area contributed by atoms with E-state index in [0.29, 0.717) is 24.3 Å². The molecule has 1 aromatic rings. The van der Waals surface area contributed by atoms with E-state index in [1.54, 1.807) is 18.2 Å². The van der Waals surface area contributed by atoms with Crippen LogP contribution in [0.2, 0.25) is 0 Å². The molecule has 0 amide bonds. The minimum Gasteiger partial charge on any atom is -0.396 e. The van der Waals surface area contributed by atoms with Crippen LogP contribution in [0.3, 0.4) is 0 Å². The molecule has 3 N–H and O–H groups in total. The Morgan fingerprint density at radius 3 is 2.50 bits per heavy atom. The van der Waals surface area contributed by atoms with Crippen molar-refractivity contribution in [3.8, 4) is 0 Å². The van der Waals surface area contributed by atoms with Crippen LogP contribution in [0.4, 0.5) is 17.1 Å². The summed E-state index contributed by atoms with van der Waals surface area (Å²) in [6.45, 7) is 6.61. The smallest absolute Gasteiger partial charge is 0.315 e. The van der Waals surface area contributed by atoms with E-state index in [1.165, 1.54) is 0 Å². The highest BCUT2D eigenvalue weighted by molar-refractivity contribution is 5.76. The Balaban J connectivity index is 3.09. The molecule has 0 aromatic heterocycles. The fourth-order valence-electron chi connectivity index (χ4n) is 2.10. The van der Waals surface area contributed by atoms with Crippen LogP contribution in [0.25, 0.3) is 0 Å². The predicted octanol–water partition coefficient (Wildman–Crippen LogP) is 2.85. The fraction of sp³-hybridized carbons (Fsp3) is 0.571. The molecule has 0 heterocycles. The van der Waals surface area contributed by atoms with Crippen molar-refractivity contribution in [1.82, 2.24) is 0 Å². The lowest BCUT2D eigenvalue weighted by molar-refractivity contribution is -0.383. The van der Waals surface area contributed by atoms with Gasteiger partial charge in [0.05, 0.1) is 4.92 Å². The van der Waals surface area contributed by atoms with Gasteiger partial charge < -0.3 is 15.7 Å². The van der Waals surface area contributed by atoms with Crippen molar-refractivity contribution in [2.75, 3.05) is 23.8 Å². The molecular formula is C14H23N3O3. The molecule has 1 atom stereocenters. The highest BCUT2D eigenvalue weighted by Crippen LogP contribution is 2.33. The first-order chi connectivity index (χ1) is 9.51.